The molecule has 1 aliphatic rings. The average molecular weight is 215 g/mol. The summed E-state index contributed by atoms with van der Waals surface area (Å²) < 4.78 is 43.7. The maximum atomic E-state index is 13.1. The zero-order chi connectivity index (χ0) is 10.8. The van der Waals surface area contributed by atoms with Gasteiger partial charge in [0.2, 0.25) is 0 Å². The van der Waals surface area contributed by atoms with Crippen LogP contribution in [0.3, 0.4) is 0 Å². The second kappa shape index (κ2) is 4.13. The third kappa shape index (κ3) is 2.25. The highest BCUT2D eigenvalue weighted by atomic mass is 19.2. The molecule has 1 aliphatic carbocycles. The van der Waals surface area contributed by atoms with E-state index in [2.05, 4.69) is 0 Å². The van der Waals surface area contributed by atoms with Crippen LogP contribution in [-0.4, -0.2) is 6.10 Å². The molecule has 1 aromatic carbocycles. The van der Waals surface area contributed by atoms with Crippen LogP contribution in [0.5, 0.6) is 5.75 Å². The van der Waals surface area contributed by atoms with Crippen LogP contribution in [0, 0.1) is 23.5 Å². The molecule has 1 radical (unpaired) electrons. The fourth-order valence-electron chi connectivity index (χ4n) is 1.72. The lowest BCUT2D eigenvalue weighted by molar-refractivity contribution is 0.198. The average Bonchev–Trinajstić information content (AvgIpc) is 2.67. The molecule has 0 bridgehead atoms. The van der Waals surface area contributed by atoms with E-state index < -0.39 is 17.5 Å². The van der Waals surface area contributed by atoms with E-state index in [1.54, 1.807) is 0 Å². The fourth-order valence-corrected chi connectivity index (χ4v) is 1.72. The molecule has 0 unspecified atom stereocenters. The molecule has 2 rings (SSSR count). The molecule has 1 nitrogen and oxygen atoms in total. The van der Waals surface area contributed by atoms with E-state index in [1.807, 2.05) is 6.07 Å². The van der Waals surface area contributed by atoms with Crippen molar-refractivity contribution in [1.82, 2.24) is 0 Å². The molecule has 0 amide bonds. The van der Waals surface area contributed by atoms with Crippen LogP contribution in [0.25, 0.3) is 0 Å². The first kappa shape index (κ1) is 10.3. The summed E-state index contributed by atoms with van der Waals surface area (Å²) in [6, 6.07) is 2.41. The first-order valence-corrected chi connectivity index (χ1v) is 4.90. The highest BCUT2D eigenvalue weighted by Gasteiger charge is 2.19. The van der Waals surface area contributed by atoms with Crippen molar-refractivity contribution < 1.29 is 17.9 Å². The highest BCUT2D eigenvalue weighted by Crippen LogP contribution is 2.26. The summed E-state index contributed by atoms with van der Waals surface area (Å²) in [5.74, 6) is -3.67. The molecule has 0 saturated heterocycles. The molecule has 4 heteroatoms. The summed E-state index contributed by atoms with van der Waals surface area (Å²) in [4.78, 5) is 0. The summed E-state index contributed by atoms with van der Waals surface area (Å²) in [5.41, 5.74) is 0. The van der Waals surface area contributed by atoms with Gasteiger partial charge in [-0.15, -0.1) is 0 Å². The van der Waals surface area contributed by atoms with Gasteiger partial charge in [-0.3, -0.25) is 0 Å². The Morgan fingerprint density at radius 3 is 2.47 bits per heavy atom. The first-order valence-electron chi connectivity index (χ1n) is 4.90. The Hall–Kier alpha value is -1.19. The number of benzene rings is 1. The lowest BCUT2D eigenvalue weighted by atomic mass is 10.3. The third-order valence-corrected chi connectivity index (χ3v) is 2.49. The number of halogens is 3. The van der Waals surface area contributed by atoms with Crippen LogP contribution in [-0.2, 0) is 0 Å². The van der Waals surface area contributed by atoms with E-state index in [4.69, 9.17) is 4.74 Å². The molecule has 0 heterocycles. The number of hydrogen-bond donors (Lipinski definition) is 0. The Kier molecular flexibility index (Phi) is 2.84. The van der Waals surface area contributed by atoms with Gasteiger partial charge in [0.15, 0.2) is 23.2 Å². The molecule has 15 heavy (non-hydrogen) atoms. The molecule has 81 valence electrons. The van der Waals surface area contributed by atoms with Gasteiger partial charge in [0.05, 0.1) is 12.2 Å². The molecule has 1 aromatic rings. The van der Waals surface area contributed by atoms with E-state index in [0.29, 0.717) is 6.07 Å². The van der Waals surface area contributed by atoms with E-state index in [9.17, 15) is 13.2 Å². The minimum atomic E-state index is -1.24. The van der Waals surface area contributed by atoms with Gasteiger partial charge >= 0.3 is 0 Å². The quantitative estimate of drug-likeness (QED) is 0.688. The van der Waals surface area contributed by atoms with Gasteiger partial charge in [-0.25, -0.2) is 13.2 Å². The fraction of sp³-hybridized carbons (Fsp3) is 0.455. The molecule has 1 fully saturated rings. The van der Waals surface area contributed by atoms with Crippen LogP contribution in [0.2, 0.25) is 0 Å². The third-order valence-electron chi connectivity index (χ3n) is 2.49. The van der Waals surface area contributed by atoms with Crippen LogP contribution in [0.1, 0.15) is 25.7 Å². The van der Waals surface area contributed by atoms with Crippen molar-refractivity contribution >= 4 is 0 Å². The molecule has 0 atom stereocenters. The van der Waals surface area contributed by atoms with Crippen molar-refractivity contribution in [2.24, 2.45) is 0 Å². The largest absolute Gasteiger partial charge is 0.487 e. The topological polar surface area (TPSA) is 9.23 Å². The lowest BCUT2D eigenvalue weighted by Crippen LogP contribution is -2.12. The molecule has 0 aliphatic heterocycles. The molecular formula is C11H10F3O. The summed E-state index contributed by atoms with van der Waals surface area (Å²) in [5, 5.41) is 0. The zero-order valence-electron chi connectivity index (χ0n) is 8.03. The predicted molar refractivity (Wildman–Crippen MR) is 48.0 cm³/mol. The minimum absolute atomic E-state index is 0.0967. The predicted octanol–water partition coefficient (Wildman–Crippen LogP) is 3.23. The Morgan fingerprint density at radius 2 is 1.80 bits per heavy atom. The maximum Gasteiger partial charge on any atom is 0.170 e. The van der Waals surface area contributed by atoms with Crippen molar-refractivity contribution in [2.75, 3.05) is 0 Å². The molecule has 0 N–H and O–H groups in total. The lowest BCUT2D eigenvalue weighted by Gasteiger charge is -2.13. The normalized spacial score (nSPS) is 17.0. The molecular weight excluding hydrogens is 205 g/mol. The Balaban J connectivity index is 2.16. The van der Waals surface area contributed by atoms with Gasteiger partial charge < -0.3 is 4.74 Å². The summed E-state index contributed by atoms with van der Waals surface area (Å²) in [6.07, 6.45) is 3.60. The van der Waals surface area contributed by atoms with Gasteiger partial charge in [-0.2, -0.15) is 0 Å². The van der Waals surface area contributed by atoms with Crippen molar-refractivity contribution in [3.63, 3.8) is 0 Å². The van der Waals surface area contributed by atoms with Crippen LogP contribution in [0.4, 0.5) is 13.2 Å². The molecule has 0 aromatic heterocycles. The maximum absolute atomic E-state index is 13.1. The smallest absolute Gasteiger partial charge is 0.170 e. The standard InChI is InChI=1S/C11H10F3O/c12-8-5-10(14)11(6-9(8)13)15-7-3-1-2-4-7/h5,7H,1-4H2. The van der Waals surface area contributed by atoms with Gasteiger partial charge in [0, 0.05) is 6.07 Å². The van der Waals surface area contributed by atoms with Gasteiger partial charge in [0.1, 0.15) is 0 Å². The van der Waals surface area contributed by atoms with E-state index >= 15 is 0 Å². The van der Waals surface area contributed by atoms with Crippen LogP contribution in [0.15, 0.2) is 6.07 Å². The number of hydrogen-bond acceptors (Lipinski definition) is 1. The zero-order valence-corrected chi connectivity index (χ0v) is 8.03. The second-order valence-corrected chi connectivity index (χ2v) is 3.63. The van der Waals surface area contributed by atoms with Crippen molar-refractivity contribution in [2.45, 2.75) is 31.8 Å². The number of ether oxygens (including phenoxy) is 1. The monoisotopic (exact) mass is 215 g/mol. The summed E-state index contributed by atoms with van der Waals surface area (Å²) in [7, 11) is 0. The summed E-state index contributed by atoms with van der Waals surface area (Å²) in [6.45, 7) is 0. The van der Waals surface area contributed by atoms with Gasteiger partial charge in [-0.1, -0.05) is 0 Å². The number of rotatable bonds is 2. The van der Waals surface area contributed by atoms with Crippen molar-refractivity contribution in [1.29, 1.82) is 0 Å². The molecule has 0 spiro atoms. The summed E-state index contributed by atoms with van der Waals surface area (Å²) >= 11 is 0. The van der Waals surface area contributed by atoms with E-state index in [1.165, 1.54) is 0 Å². The van der Waals surface area contributed by atoms with Crippen LogP contribution < -0.4 is 4.74 Å². The first-order chi connectivity index (χ1) is 7.16. The second-order valence-electron chi connectivity index (χ2n) is 3.63. The van der Waals surface area contributed by atoms with Gasteiger partial charge in [-0.05, 0) is 25.7 Å². The SMILES string of the molecule is Fc1[c]c(OC2CCCC2)c(F)cc1F. The minimum Gasteiger partial charge on any atom is -0.487 e. The van der Waals surface area contributed by atoms with Crippen LogP contribution >= 0.6 is 0 Å². The Morgan fingerprint density at radius 1 is 1.13 bits per heavy atom. The van der Waals surface area contributed by atoms with E-state index in [-0.39, 0.29) is 11.9 Å². The van der Waals surface area contributed by atoms with E-state index in [0.717, 1.165) is 25.7 Å². The van der Waals surface area contributed by atoms with Gasteiger partial charge in [0.25, 0.3) is 0 Å². The highest BCUT2D eigenvalue weighted by molar-refractivity contribution is 5.24. The molecule has 1 saturated carbocycles. The Bertz CT molecular complexity index is 359. The Labute approximate surface area is 85.9 Å². The van der Waals surface area contributed by atoms with Crippen molar-refractivity contribution in [3.8, 4) is 5.75 Å². The van der Waals surface area contributed by atoms with Crippen molar-refractivity contribution in [3.05, 3.63) is 29.6 Å².